The third-order valence-electron chi connectivity index (χ3n) is 3.92. The largest absolute Gasteiger partial charge is 0.483 e. The molecule has 5 nitrogen and oxygen atoms in total. The van der Waals surface area contributed by atoms with Crippen molar-refractivity contribution in [3.8, 4) is 5.75 Å². The standard InChI is InChI=1S/C21H26N2O3/c1-5-22-21(25)16-7-9-17(10-8-16)23-20(24)13-26-19-12-15(4)6-11-18(19)14(2)3/h6-12,14H,5,13H2,1-4H3,(H,22,25)(H,23,24). The molecule has 2 N–H and O–H groups in total. The van der Waals surface area contributed by atoms with Gasteiger partial charge in [0.25, 0.3) is 11.8 Å². The lowest BCUT2D eigenvalue weighted by Gasteiger charge is -2.15. The van der Waals surface area contributed by atoms with Crippen molar-refractivity contribution in [1.29, 1.82) is 0 Å². The van der Waals surface area contributed by atoms with Crippen LogP contribution in [-0.4, -0.2) is 25.0 Å². The van der Waals surface area contributed by atoms with E-state index in [1.807, 2.05) is 32.0 Å². The van der Waals surface area contributed by atoms with Gasteiger partial charge in [0.2, 0.25) is 0 Å². The summed E-state index contributed by atoms with van der Waals surface area (Å²) in [7, 11) is 0. The Morgan fingerprint density at radius 3 is 2.38 bits per heavy atom. The van der Waals surface area contributed by atoms with E-state index in [1.165, 1.54) is 0 Å². The fourth-order valence-electron chi connectivity index (χ4n) is 2.55. The van der Waals surface area contributed by atoms with E-state index in [2.05, 4.69) is 24.5 Å². The molecule has 2 amide bonds. The molecule has 0 heterocycles. The monoisotopic (exact) mass is 354 g/mol. The Kier molecular flexibility index (Phi) is 6.78. The minimum Gasteiger partial charge on any atom is -0.483 e. The number of benzene rings is 2. The molecule has 0 fully saturated rings. The molecule has 0 aromatic heterocycles. The normalized spacial score (nSPS) is 10.5. The average Bonchev–Trinajstić information content (AvgIpc) is 2.60. The van der Waals surface area contributed by atoms with E-state index in [4.69, 9.17) is 4.74 Å². The number of amides is 2. The molecule has 26 heavy (non-hydrogen) atoms. The average molecular weight is 354 g/mol. The molecule has 0 aliphatic rings. The molecule has 2 rings (SSSR count). The van der Waals surface area contributed by atoms with Crippen molar-refractivity contribution in [1.82, 2.24) is 5.32 Å². The van der Waals surface area contributed by atoms with Crippen molar-refractivity contribution in [3.63, 3.8) is 0 Å². The van der Waals surface area contributed by atoms with Crippen LogP contribution in [0.5, 0.6) is 5.75 Å². The number of anilines is 1. The van der Waals surface area contributed by atoms with Crippen LogP contribution < -0.4 is 15.4 Å². The predicted octanol–water partition coefficient (Wildman–Crippen LogP) is 3.89. The summed E-state index contributed by atoms with van der Waals surface area (Å²) < 4.78 is 5.73. The van der Waals surface area contributed by atoms with Gasteiger partial charge in [0, 0.05) is 17.8 Å². The maximum Gasteiger partial charge on any atom is 0.262 e. The number of ether oxygens (including phenoxy) is 1. The number of aryl methyl sites for hydroxylation is 1. The highest BCUT2D eigenvalue weighted by Crippen LogP contribution is 2.27. The molecule has 138 valence electrons. The first-order valence-electron chi connectivity index (χ1n) is 8.82. The maximum absolute atomic E-state index is 12.2. The number of nitrogens with one attached hydrogen (secondary N) is 2. The fourth-order valence-corrected chi connectivity index (χ4v) is 2.55. The highest BCUT2D eigenvalue weighted by atomic mass is 16.5. The molecule has 0 aliphatic heterocycles. The number of hydrogen-bond donors (Lipinski definition) is 2. The van der Waals surface area contributed by atoms with Crippen LogP contribution in [0.3, 0.4) is 0 Å². The summed E-state index contributed by atoms with van der Waals surface area (Å²) >= 11 is 0. The van der Waals surface area contributed by atoms with Crippen LogP contribution in [0, 0.1) is 6.92 Å². The van der Waals surface area contributed by atoms with E-state index >= 15 is 0 Å². The van der Waals surface area contributed by atoms with Crippen molar-refractivity contribution in [2.24, 2.45) is 0 Å². The highest BCUT2D eigenvalue weighted by molar-refractivity contribution is 5.96. The third-order valence-corrected chi connectivity index (χ3v) is 3.92. The summed E-state index contributed by atoms with van der Waals surface area (Å²) in [6.07, 6.45) is 0. The molecule has 0 saturated carbocycles. The zero-order chi connectivity index (χ0) is 19.1. The molecule has 0 spiro atoms. The highest BCUT2D eigenvalue weighted by Gasteiger charge is 2.11. The van der Waals surface area contributed by atoms with Gasteiger partial charge in [-0.15, -0.1) is 0 Å². The van der Waals surface area contributed by atoms with Crippen LogP contribution >= 0.6 is 0 Å². The first-order valence-corrected chi connectivity index (χ1v) is 8.82. The molecule has 5 heteroatoms. The third kappa shape index (κ3) is 5.34. The summed E-state index contributed by atoms with van der Waals surface area (Å²) in [6, 6.07) is 12.8. The van der Waals surface area contributed by atoms with Crippen molar-refractivity contribution >= 4 is 17.5 Å². The van der Waals surface area contributed by atoms with Gasteiger partial charge in [0.1, 0.15) is 5.75 Å². The van der Waals surface area contributed by atoms with Crippen molar-refractivity contribution < 1.29 is 14.3 Å². The van der Waals surface area contributed by atoms with Crippen LogP contribution in [0.2, 0.25) is 0 Å². The van der Waals surface area contributed by atoms with Crippen LogP contribution in [0.4, 0.5) is 5.69 Å². The lowest BCUT2D eigenvalue weighted by Crippen LogP contribution is -2.23. The summed E-state index contributed by atoms with van der Waals surface area (Å²) in [5.41, 5.74) is 3.35. The van der Waals surface area contributed by atoms with Crippen LogP contribution in [0.1, 0.15) is 48.2 Å². The number of rotatable bonds is 7. The van der Waals surface area contributed by atoms with E-state index in [-0.39, 0.29) is 18.4 Å². The van der Waals surface area contributed by atoms with Gasteiger partial charge in [0.05, 0.1) is 0 Å². The molecule has 0 bridgehead atoms. The summed E-state index contributed by atoms with van der Waals surface area (Å²) in [5.74, 6) is 0.679. The topological polar surface area (TPSA) is 67.4 Å². The summed E-state index contributed by atoms with van der Waals surface area (Å²) in [5, 5.41) is 5.51. The van der Waals surface area contributed by atoms with Gasteiger partial charge < -0.3 is 15.4 Å². The molecule has 0 saturated heterocycles. The minimum atomic E-state index is -0.244. The molecule has 0 atom stereocenters. The van der Waals surface area contributed by atoms with Gasteiger partial charge >= 0.3 is 0 Å². The Hall–Kier alpha value is -2.82. The maximum atomic E-state index is 12.2. The second-order valence-electron chi connectivity index (χ2n) is 6.47. The number of hydrogen-bond acceptors (Lipinski definition) is 3. The van der Waals surface area contributed by atoms with E-state index < -0.39 is 0 Å². The van der Waals surface area contributed by atoms with Gasteiger partial charge in [-0.1, -0.05) is 26.0 Å². The van der Waals surface area contributed by atoms with Gasteiger partial charge in [-0.05, 0) is 61.2 Å². The molecule has 0 radical (unpaired) electrons. The second-order valence-corrected chi connectivity index (χ2v) is 6.47. The van der Waals surface area contributed by atoms with Crippen molar-refractivity contribution in [2.75, 3.05) is 18.5 Å². The SMILES string of the molecule is CCNC(=O)c1ccc(NC(=O)COc2cc(C)ccc2C(C)C)cc1. The quantitative estimate of drug-likeness (QED) is 0.793. The molecule has 2 aromatic rings. The zero-order valence-electron chi connectivity index (χ0n) is 15.8. The lowest BCUT2D eigenvalue weighted by atomic mass is 10.0. The van der Waals surface area contributed by atoms with Gasteiger partial charge in [0.15, 0.2) is 6.61 Å². The number of carbonyl (C=O) groups is 2. The Balaban J connectivity index is 1.95. The van der Waals surface area contributed by atoms with Gasteiger partial charge in [-0.2, -0.15) is 0 Å². The van der Waals surface area contributed by atoms with Crippen LogP contribution in [0.25, 0.3) is 0 Å². The van der Waals surface area contributed by atoms with E-state index in [0.717, 1.165) is 16.9 Å². The Bertz CT molecular complexity index is 767. The van der Waals surface area contributed by atoms with E-state index in [9.17, 15) is 9.59 Å². The Morgan fingerprint density at radius 2 is 1.77 bits per heavy atom. The Labute approximate surface area is 154 Å². The fraction of sp³-hybridized carbons (Fsp3) is 0.333. The van der Waals surface area contributed by atoms with Crippen molar-refractivity contribution in [2.45, 2.75) is 33.6 Å². The van der Waals surface area contributed by atoms with Crippen molar-refractivity contribution in [3.05, 3.63) is 59.2 Å². The second kappa shape index (κ2) is 9.04. The van der Waals surface area contributed by atoms with Crippen LogP contribution in [0.15, 0.2) is 42.5 Å². The summed E-state index contributed by atoms with van der Waals surface area (Å²) in [4.78, 5) is 23.9. The summed E-state index contributed by atoms with van der Waals surface area (Å²) in [6.45, 7) is 8.55. The van der Waals surface area contributed by atoms with Crippen LogP contribution in [-0.2, 0) is 4.79 Å². The molecular formula is C21H26N2O3. The molecule has 0 unspecified atom stereocenters. The first-order chi connectivity index (χ1) is 12.4. The Morgan fingerprint density at radius 1 is 1.08 bits per heavy atom. The van der Waals surface area contributed by atoms with E-state index in [1.54, 1.807) is 24.3 Å². The first kappa shape index (κ1) is 19.5. The predicted molar refractivity (Wildman–Crippen MR) is 104 cm³/mol. The van der Waals surface area contributed by atoms with E-state index in [0.29, 0.717) is 23.7 Å². The van der Waals surface area contributed by atoms with Gasteiger partial charge in [-0.3, -0.25) is 9.59 Å². The lowest BCUT2D eigenvalue weighted by molar-refractivity contribution is -0.118. The number of carbonyl (C=O) groups excluding carboxylic acids is 2. The van der Waals surface area contributed by atoms with Gasteiger partial charge in [-0.25, -0.2) is 0 Å². The smallest absolute Gasteiger partial charge is 0.262 e. The molecule has 2 aromatic carbocycles. The molecular weight excluding hydrogens is 328 g/mol. The minimum absolute atomic E-state index is 0.0682. The molecule has 0 aliphatic carbocycles. The zero-order valence-corrected chi connectivity index (χ0v) is 15.8.